The van der Waals surface area contributed by atoms with E-state index in [2.05, 4.69) is 16.5 Å². The number of fused-ring (bicyclic) bond motifs is 1. The molecule has 0 atom stereocenters. The molecular weight excluding hydrogens is 320 g/mol. The van der Waals surface area contributed by atoms with Crippen molar-refractivity contribution < 1.29 is 14.3 Å². The van der Waals surface area contributed by atoms with Gasteiger partial charge in [0.25, 0.3) is 0 Å². The van der Waals surface area contributed by atoms with Gasteiger partial charge in [-0.2, -0.15) is 10.4 Å². The third kappa shape index (κ3) is 3.33. The summed E-state index contributed by atoms with van der Waals surface area (Å²) < 4.78 is 7.66. The Labute approximate surface area is 144 Å². The third-order valence-electron chi connectivity index (χ3n) is 3.95. The highest BCUT2D eigenvalue weighted by Gasteiger charge is 2.15. The number of nitrogens with zero attached hydrogens (tertiary/aromatic N) is 3. The van der Waals surface area contributed by atoms with Gasteiger partial charge >= 0.3 is 6.09 Å². The molecule has 3 aromatic rings. The summed E-state index contributed by atoms with van der Waals surface area (Å²) in [4.78, 5) is 10.8. The Hall–Kier alpha value is -3.27. The molecular formula is C18H18N4O3. The van der Waals surface area contributed by atoms with E-state index in [0.717, 1.165) is 28.0 Å². The van der Waals surface area contributed by atoms with E-state index in [-0.39, 0.29) is 11.7 Å². The first kappa shape index (κ1) is 16.6. The monoisotopic (exact) mass is 338 g/mol. The molecule has 3 rings (SSSR count). The normalized spacial score (nSPS) is 11.0. The number of amides is 1. The Morgan fingerprint density at radius 2 is 2.16 bits per heavy atom. The number of aromatic nitrogens is 2. The molecule has 0 radical (unpaired) electrons. The van der Waals surface area contributed by atoms with Gasteiger partial charge in [-0.25, -0.2) is 4.79 Å². The molecule has 1 amide bonds. The Morgan fingerprint density at radius 3 is 2.80 bits per heavy atom. The van der Waals surface area contributed by atoms with Gasteiger partial charge in [0.05, 0.1) is 18.2 Å². The standard InChI is InChI=1S/C18H18N4O3/c1-10(2)15-7-13-5-12(8-19)6-14(17(13)25-15)9-22-11(3)4-16(21-22)20-18(23)24/h4-7,10H,9H2,1-3H3,(H,20,21)(H,23,24). The summed E-state index contributed by atoms with van der Waals surface area (Å²) in [6.07, 6.45) is -1.16. The van der Waals surface area contributed by atoms with Gasteiger partial charge in [-0.1, -0.05) is 13.8 Å². The number of rotatable bonds is 4. The molecule has 0 saturated carbocycles. The van der Waals surface area contributed by atoms with Crippen LogP contribution in [0.15, 0.2) is 28.7 Å². The Morgan fingerprint density at radius 1 is 1.40 bits per heavy atom. The number of furan rings is 1. The van der Waals surface area contributed by atoms with Crippen LogP contribution >= 0.6 is 0 Å². The molecule has 25 heavy (non-hydrogen) atoms. The first-order valence-corrected chi connectivity index (χ1v) is 7.88. The topological polar surface area (TPSA) is 104 Å². The van der Waals surface area contributed by atoms with E-state index in [1.165, 1.54) is 0 Å². The van der Waals surface area contributed by atoms with Gasteiger partial charge in [0, 0.05) is 28.6 Å². The van der Waals surface area contributed by atoms with Crippen LogP contribution in [-0.4, -0.2) is 21.0 Å². The zero-order valence-electron chi connectivity index (χ0n) is 14.2. The molecule has 1 aromatic carbocycles. The average molecular weight is 338 g/mol. The van der Waals surface area contributed by atoms with Crippen molar-refractivity contribution in [1.29, 1.82) is 5.26 Å². The molecule has 0 bridgehead atoms. The molecule has 0 aliphatic heterocycles. The zero-order valence-corrected chi connectivity index (χ0v) is 14.2. The van der Waals surface area contributed by atoms with Crippen molar-refractivity contribution in [2.45, 2.75) is 33.2 Å². The first-order valence-electron chi connectivity index (χ1n) is 7.88. The Balaban J connectivity index is 2.04. The maximum Gasteiger partial charge on any atom is 0.410 e. The zero-order chi connectivity index (χ0) is 18.1. The van der Waals surface area contributed by atoms with Gasteiger partial charge in [-0.05, 0) is 25.1 Å². The summed E-state index contributed by atoms with van der Waals surface area (Å²) in [6, 6.07) is 9.36. The summed E-state index contributed by atoms with van der Waals surface area (Å²) in [5.74, 6) is 1.36. The number of carbonyl (C=O) groups is 1. The van der Waals surface area contributed by atoms with Crippen molar-refractivity contribution in [2.24, 2.45) is 0 Å². The van der Waals surface area contributed by atoms with Crippen LogP contribution < -0.4 is 5.32 Å². The number of aryl methyl sites for hydroxylation is 1. The Bertz CT molecular complexity index is 992. The van der Waals surface area contributed by atoms with E-state index >= 15 is 0 Å². The minimum absolute atomic E-state index is 0.239. The Kier molecular flexibility index (Phi) is 4.19. The lowest BCUT2D eigenvalue weighted by Crippen LogP contribution is -2.09. The van der Waals surface area contributed by atoms with Crippen molar-refractivity contribution in [2.75, 3.05) is 5.32 Å². The number of anilines is 1. The van der Waals surface area contributed by atoms with Crippen molar-refractivity contribution in [1.82, 2.24) is 9.78 Å². The summed E-state index contributed by atoms with van der Waals surface area (Å²) in [5.41, 5.74) is 2.90. The maximum atomic E-state index is 10.8. The highest BCUT2D eigenvalue weighted by atomic mass is 16.4. The second-order valence-corrected chi connectivity index (χ2v) is 6.23. The number of nitriles is 1. The molecule has 2 heterocycles. The molecule has 0 saturated heterocycles. The van der Waals surface area contributed by atoms with E-state index in [1.807, 2.05) is 32.9 Å². The summed E-state index contributed by atoms with van der Waals surface area (Å²) in [5, 5.41) is 25.5. The van der Waals surface area contributed by atoms with Crippen LogP contribution in [0, 0.1) is 18.3 Å². The minimum Gasteiger partial charge on any atom is -0.465 e. The van der Waals surface area contributed by atoms with Gasteiger partial charge in [-0.3, -0.25) is 10.00 Å². The SMILES string of the molecule is Cc1cc(NC(=O)O)nn1Cc1cc(C#N)cc2cc(C(C)C)oc12. The third-order valence-corrected chi connectivity index (χ3v) is 3.95. The highest BCUT2D eigenvalue weighted by molar-refractivity contribution is 5.83. The number of hydrogen-bond acceptors (Lipinski definition) is 4. The highest BCUT2D eigenvalue weighted by Crippen LogP contribution is 2.29. The largest absolute Gasteiger partial charge is 0.465 e. The number of carboxylic acid groups (broad SMARTS) is 1. The van der Waals surface area contributed by atoms with Crippen molar-refractivity contribution in [3.8, 4) is 6.07 Å². The second-order valence-electron chi connectivity index (χ2n) is 6.23. The smallest absolute Gasteiger partial charge is 0.410 e. The van der Waals surface area contributed by atoms with Gasteiger partial charge in [0.2, 0.25) is 0 Å². The lowest BCUT2D eigenvalue weighted by atomic mass is 10.1. The molecule has 2 N–H and O–H groups in total. The van der Waals surface area contributed by atoms with Gasteiger partial charge in [-0.15, -0.1) is 0 Å². The van der Waals surface area contributed by atoms with Crippen LogP contribution in [0.2, 0.25) is 0 Å². The maximum absolute atomic E-state index is 10.8. The molecule has 7 heteroatoms. The van der Waals surface area contributed by atoms with E-state index in [1.54, 1.807) is 16.8 Å². The van der Waals surface area contributed by atoms with Gasteiger partial charge in [0.15, 0.2) is 5.82 Å². The second kappa shape index (κ2) is 6.32. The summed E-state index contributed by atoms with van der Waals surface area (Å²) >= 11 is 0. The predicted octanol–water partition coefficient (Wildman–Crippen LogP) is 4.07. The van der Waals surface area contributed by atoms with E-state index in [9.17, 15) is 10.1 Å². The molecule has 0 aliphatic carbocycles. The lowest BCUT2D eigenvalue weighted by molar-refractivity contribution is 0.209. The van der Waals surface area contributed by atoms with Gasteiger partial charge in [0.1, 0.15) is 11.3 Å². The summed E-state index contributed by atoms with van der Waals surface area (Å²) in [6.45, 7) is 6.31. The first-order chi connectivity index (χ1) is 11.9. The van der Waals surface area contributed by atoms with Crippen molar-refractivity contribution >= 4 is 22.9 Å². The van der Waals surface area contributed by atoms with Crippen LogP contribution in [0.25, 0.3) is 11.0 Å². The molecule has 0 fully saturated rings. The number of nitrogens with one attached hydrogen (secondary N) is 1. The van der Waals surface area contributed by atoms with Gasteiger partial charge < -0.3 is 9.52 Å². The molecule has 7 nitrogen and oxygen atoms in total. The number of hydrogen-bond donors (Lipinski definition) is 2. The van der Waals surface area contributed by atoms with E-state index in [0.29, 0.717) is 12.1 Å². The predicted molar refractivity (Wildman–Crippen MR) is 92.7 cm³/mol. The van der Waals surface area contributed by atoms with Crippen LogP contribution in [-0.2, 0) is 6.54 Å². The molecule has 2 aromatic heterocycles. The summed E-state index contributed by atoms with van der Waals surface area (Å²) in [7, 11) is 0. The fourth-order valence-corrected chi connectivity index (χ4v) is 2.71. The quantitative estimate of drug-likeness (QED) is 0.746. The lowest BCUT2D eigenvalue weighted by Gasteiger charge is -2.06. The van der Waals surface area contributed by atoms with Crippen LogP contribution in [0.4, 0.5) is 10.6 Å². The molecule has 0 spiro atoms. The molecule has 128 valence electrons. The minimum atomic E-state index is -1.16. The van der Waals surface area contributed by atoms with E-state index < -0.39 is 6.09 Å². The number of benzene rings is 1. The fraction of sp³-hybridized carbons (Fsp3) is 0.278. The average Bonchev–Trinajstić information content (AvgIpc) is 3.10. The molecule has 0 unspecified atom stereocenters. The molecule has 0 aliphatic rings. The van der Waals surface area contributed by atoms with Crippen LogP contribution in [0.1, 0.15) is 42.3 Å². The van der Waals surface area contributed by atoms with Crippen molar-refractivity contribution in [3.63, 3.8) is 0 Å². The fourth-order valence-electron chi connectivity index (χ4n) is 2.71. The van der Waals surface area contributed by atoms with Crippen molar-refractivity contribution in [3.05, 3.63) is 46.8 Å². The van der Waals surface area contributed by atoms with E-state index in [4.69, 9.17) is 9.52 Å². The van der Waals surface area contributed by atoms with Crippen LogP contribution in [0.3, 0.4) is 0 Å². The van der Waals surface area contributed by atoms with Crippen LogP contribution in [0.5, 0.6) is 0 Å².